The normalized spacial score (nSPS) is 11.3. The second-order valence-corrected chi connectivity index (χ2v) is 7.97. The highest BCUT2D eigenvalue weighted by Gasteiger charge is 2.24. The number of Topliss-reactive ketones (excluding diaryl/α,β-unsaturated/α-hetero) is 1. The van der Waals surface area contributed by atoms with Gasteiger partial charge in [-0.15, -0.1) is 0 Å². The summed E-state index contributed by atoms with van der Waals surface area (Å²) in [6.07, 6.45) is 0. The number of hydrogen-bond donors (Lipinski definition) is 0. The number of methoxy groups -OCH3 is 2. The van der Waals surface area contributed by atoms with Gasteiger partial charge in [-0.2, -0.15) is 0 Å². The molecule has 0 fully saturated rings. The number of ether oxygens (including phenoxy) is 4. The molecular formula is C31H28O5. The van der Waals surface area contributed by atoms with Crippen LogP contribution in [0.25, 0.3) is 5.76 Å². The van der Waals surface area contributed by atoms with E-state index >= 15 is 0 Å². The summed E-state index contributed by atoms with van der Waals surface area (Å²) < 4.78 is 23.2. The molecule has 4 aromatic carbocycles. The molecule has 0 saturated heterocycles. The third-order valence-corrected chi connectivity index (χ3v) is 5.54. The van der Waals surface area contributed by atoms with Gasteiger partial charge in [-0.05, 0) is 29.3 Å². The minimum atomic E-state index is -0.369. The number of carbonyl (C=O) groups excluding carboxylic acids is 1. The van der Waals surface area contributed by atoms with Crippen LogP contribution in [0, 0.1) is 0 Å². The van der Waals surface area contributed by atoms with Crippen LogP contribution in [0.2, 0.25) is 0 Å². The Hall–Kier alpha value is -4.51. The number of hydrogen-bond acceptors (Lipinski definition) is 5. The number of carbonyl (C=O) groups is 1. The Morgan fingerprint density at radius 3 is 1.75 bits per heavy atom. The van der Waals surface area contributed by atoms with Gasteiger partial charge in [0.25, 0.3) is 0 Å². The molecule has 0 amide bonds. The zero-order valence-corrected chi connectivity index (χ0v) is 20.3. The molecule has 0 unspecified atom stereocenters. The molecular weight excluding hydrogens is 452 g/mol. The van der Waals surface area contributed by atoms with Crippen LogP contribution in [-0.2, 0) is 22.7 Å². The molecule has 0 heterocycles. The Morgan fingerprint density at radius 1 is 0.639 bits per heavy atom. The summed E-state index contributed by atoms with van der Waals surface area (Å²) >= 11 is 0. The van der Waals surface area contributed by atoms with Crippen molar-refractivity contribution in [2.24, 2.45) is 0 Å². The average molecular weight is 481 g/mol. The molecule has 0 bridgehead atoms. The van der Waals surface area contributed by atoms with E-state index in [0.717, 1.165) is 16.7 Å². The molecule has 0 saturated carbocycles. The van der Waals surface area contributed by atoms with E-state index in [1.807, 2.05) is 91.0 Å². The lowest BCUT2D eigenvalue weighted by Crippen LogP contribution is -2.12. The summed E-state index contributed by atoms with van der Waals surface area (Å²) in [5.41, 5.74) is 3.06. The molecule has 0 N–H and O–H groups in total. The summed E-state index contributed by atoms with van der Waals surface area (Å²) in [5, 5.41) is 0. The summed E-state index contributed by atoms with van der Waals surface area (Å²) in [6.45, 7) is 0.687. The standard InChI is InChI=1S/C31H28O5/c1-33-30(25-16-10-5-11-17-25)31(34-2)29(32)27-20-26(35-21-23-12-6-3-7-13-23)18-19-28(27)36-22-24-14-8-4-9-15-24/h3-20H,21-22H2,1-2H3. The van der Waals surface area contributed by atoms with Crippen molar-refractivity contribution >= 4 is 11.5 Å². The highest BCUT2D eigenvalue weighted by molar-refractivity contribution is 6.12. The Bertz CT molecular complexity index is 1300. The van der Waals surface area contributed by atoms with E-state index in [2.05, 4.69) is 0 Å². The molecule has 182 valence electrons. The zero-order chi connectivity index (χ0) is 25.2. The van der Waals surface area contributed by atoms with E-state index in [1.165, 1.54) is 14.2 Å². The van der Waals surface area contributed by atoms with Crippen LogP contribution in [0.4, 0.5) is 0 Å². The lowest BCUT2D eigenvalue weighted by molar-refractivity contribution is 0.0942. The lowest BCUT2D eigenvalue weighted by atomic mass is 10.0. The zero-order valence-electron chi connectivity index (χ0n) is 20.3. The largest absolute Gasteiger partial charge is 0.492 e. The van der Waals surface area contributed by atoms with Crippen LogP contribution >= 0.6 is 0 Å². The van der Waals surface area contributed by atoms with Crippen molar-refractivity contribution < 1.29 is 23.7 Å². The molecule has 0 radical (unpaired) electrons. The first-order chi connectivity index (χ1) is 17.7. The molecule has 5 nitrogen and oxygen atoms in total. The predicted molar refractivity (Wildman–Crippen MR) is 140 cm³/mol. The van der Waals surface area contributed by atoms with Crippen LogP contribution in [0.15, 0.2) is 115 Å². The third-order valence-electron chi connectivity index (χ3n) is 5.54. The minimum absolute atomic E-state index is 0.0773. The molecule has 5 heteroatoms. The second kappa shape index (κ2) is 12.3. The SMILES string of the molecule is COC(C(=O)c1cc(OCc2ccccc2)ccc1OCc1ccccc1)=C(OC)c1ccccc1. The van der Waals surface area contributed by atoms with Crippen LogP contribution < -0.4 is 9.47 Å². The van der Waals surface area contributed by atoms with Crippen LogP contribution in [-0.4, -0.2) is 20.0 Å². The molecule has 36 heavy (non-hydrogen) atoms. The third kappa shape index (κ3) is 6.13. The molecule has 0 aromatic heterocycles. The Kier molecular flexibility index (Phi) is 8.39. The Labute approximate surface area is 211 Å². The highest BCUT2D eigenvalue weighted by Crippen LogP contribution is 2.31. The number of ketones is 1. The number of benzene rings is 4. The van der Waals surface area contributed by atoms with E-state index in [9.17, 15) is 4.79 Å². The van der Waals surface area contributed by atoms with E-state index < -0.39 is 0 Å². The summed E-state index contributed by atoms with van der Waals surface area (Å²) in [7, 11) is 2.97. The van der Waals surface area contributed by atoms with Crippen molar-refractivity contribution in [3.63, 3.8) is 0 Å². The lowest BCUT2D eigenvalue weighted by Gasteiger charge is -2.16. The molecule has 4 rings (SSSR count). The maximum absolute atomic E-state index is 13.8. The fourth-order valence-electron chi connectivity index (χ4n) is 3.72. The Morgan fingerprint density at radius 2 is 1.19 bits per heavy atom. The van der Waals surface area contributed by atoms with Gasteiger partial charge in [0.2, 0.25) is 11.5 Å². The molecule has 0 atom stereocenters. The fraction of sp³-hybridized carbons (Fsp3) is 0.129. The van der Waals surface area contributed by atoms with Gasteiger partial charge in [0.05, 0.1) is 19.8 Å². The molecule has 0 aliphatic rings. The van der Waals surface area contributed by atoms with Crippen molar-refractivity contribution in [2.45, 2.75) is 13.2 Å². The van der Waals surface area contributed by atoms with Crippen molar-refractivity contribution in [3.8, 4) is 11.5 Å². The first kappa shape index (κ1) is 24.6. The Balaban J connectivity index is 1.69. The maximum atomic E-state index is 13.8. The van der Waals surface area contributed by atoms with Crippen molar-refractivity contribution in [1.29, 1.82) is 0 Å². The second-order valence-electron chi connectivity index (χ2n) is 7.97. The van der Waals surface area contributed by atoms with Gasteiger partial charge in [-0.1, -0.05) is 91.0 Å². The molecule has 0 aliphatic heterocycles. The van der Waals surface area contributed by atoms with Crippen molar-refractivity contribution in [1.82, 2.24) is 0 Å². The quantitative estimate of drug-likeness (QED) is 0.136. The van der Waals surface area contributed by atoms with Crippen LogP contribution in [0.5, 0.6) is 11.5 Å². The monoisotopic (exact) mass is 480 g/mol. The average Bonchev–Trinajstić information content (AvgIpc) is 2.95. The number of allylic oxidation sites excluding steroid dienone is 1. The first-order valence-electron chi connectivity index (χ1n) is 11.6. The van der Waals surface area contributed by atoms with E-state index in [-0.39, 0.29) is 11.5 Å². The first-order valence-corrected chi connectivity index (χ1v) is 11.6. The smallest absolute Gasteiger partial charge is 0.235 e. The van der Waals surface area contributed by atoms with Crippen LogP contribution in [0.3, 0.4) is 0 Å². The summed E-state index contributed by atoms with van der Waals surface area (Å²) in [5.74, 6) is 1.02. The van der Waals surface area contributed by atoms with E-state index in [0.29, 0.717) is 36.0 Å². The van der Waals surface area contributed by atoms with Crippen LogP contribution in [0.1, 0.15) is 27.0 Å². The van der Waals surface area contributed by atoms with Crippen molar-refractivity contribution in [3.05, 3.63) is 137 Å². The van der Waals surface area contributed by atoms with E-state index in [1.54, 1.807) is 18.2 Å². The molecule has 0 aliphatic carbocycles. The van der Waals surface area contributed by atoms with Gasteiger partial charge in [0, 0.05) is 5.56 Å². The summed E-state index contributed by atoms with van der Waals surface area (Å²) in [4.78, 5) is 13.8. The van der Waals surface area contributed by atoms with Gasteiger partial charge in [0.15, 0.2) is 5.76 Å². The molecule has 4 aromatic rings. The summed E-state index contributed by atoms with van der Waals surface area (Å²) in [6, 6.07) is 34.2. The predicted octanol–water partition coefficient (Wildman–Crippen LogP) is 6.69. The van der Waals surface area contributed by atoms with Gasteiger partial charge in [-0.25, -0.2) is 0 Å². The minimum Gasteiger partial charge on any atom is -0.492 e. The topological polar surface area (TPSA) is 54.0 Å². The van der Waals surface area contributed by atoms with Crippen molar-refractivity contribution in [2.75, 3.05) is 14.2 Å². The highest BCUT2D eigenvalue weighted by atomic mass is 16.5. The fourth-order valence-corrected chi connectivity index (χ4v) is 3.72. The molecule has 0 spiro atoms. The number of rotatable bonds is 11. The van der Waals surface area contributed by atoms with Gasteiger partial charge in [-0.3, -0.25) is 4.79 Å². The van der Waals surface area contributed by atoms with E-state index in [4.69, 9.17) is 18.9 Å². The maximum Gasteiger partial charge on any atom is 0.235 e. The van der Waals surface area contributed by atoms with Gasteiger partial charge < -0.3 is 18.9 Å². The van der Waals surface area contributed by atoms with Gasteiger partial charge in [0.1, 0.15) is 24.7 Å². The van der Waals surface area contributed by atoms with Gasteiger partial charge >= 0.3 is 0 Å².